The Morgan fingerprint density at radius 2 is 2.07 bits per heavy atom. The molecule has 0 aliphatic carbocycles. The van der Waals surface area contributed by atoms with Crippen molar-refractivity contribution in [3.05, 3.63) is 53.5 Å². The fraction of sp³-hybridized carbons (Fsp3) is 0.350. The Labute approximate surface area is 158 Å². The lowest BCUT2D eigenvalue weighted by Crippen LogP contribution is -2.47. The average Bonchev–Trinajstić information content (AvgIpc) is 3.23. The van der Waals surface area contributed by atoms with E-state index in [1.165, 1.54) is 6.26 Å². The Morgan fingerprint density at radius 3 is 2.70 bits per heavy atom. The molecule has 7 nitrogen and oxygen atoms in total. The molecule has 1 aromatic heterocycles. The molecule has 140 valence electrons. The van der Waals surface area contributed by atoms with Gasteiger partial charge in [-0.15, -0.1) is 0 Å². The van der Waals surface area contributed by atoms with Gasteiger partial charge in [-0.05, 0) is 55.2 Å². The van der Waals surface area contributed by atoms with Gasteiger partial charge in [0.1, 0.15) is 0 Å². The number of furan rings is 1. The van der Waals surface area contributed by atoms with Crippen molar-refractivity contribution in [1.29, 1.82) is 5.26 Å². The maximum atomic E-state index is 12.3. The highest BCUT2D eigenvalue weighted by atomic mass is 16.3. The van der Waals surface area contributed by atoms with E-state index in [0.29, 0.717) is 42.9 Å². The van der Waals surface area contributed by atoms with Crippen molar-refractivity contribution in [2.45, 2.75) is 32.2 Å². The molecule has 1 saturated heterocycles. The number of nitriles is 1. The monoisotopic (exact) mass is 366 g/mol. The van der Waals surface area contributed by atoms with Crippen LogP contribution in [-0.2, 0) is 6.42 Å². The average molecular weight is 366 g/mol. The Morgan fingerprint density at radius 1 is 1.30 bits per heavy atom. The van der Waals surface area contributed by atoms with E-state index >= 15 is 0 Å². The van der Waals surface area contributed by atoms with Crippen LogP contribution in [0.4, 0.5) is 10.5 Å². The number of benzene rings is 1. The summed E-state index contributed by atoms with van der Waals surface area (Å²) in [6.45, 7) is 3.12. The van der Waals surface area contributed by atoms with Crippen molar-refractivity contribution in [2.75, 3.05) is 18.4 Å². The zero-order chi connectivity index (χ0) is 19.2. The van der Waals surface area contributed by atoms with E-state index in [1.807, 2.05) is 6.92 Å². The van der Waals surface area contributed by atoms with Crippen molar-refractivity contribution in [3.8, 4) is 6.07 Å². The summed E-state index contributed by atoms with van der Waals surface area (Å²) in [5.74, 6) is 0.222. The quantitative estimate of drug-likeness (QED) is 0.868. The summed E-state index contributed by atoms with van der Waals surface area (Å²) in [5, 5.41) is 14.8. The highest BCUT2D eigenvalue weighted by Crippen LogP contribution is 2.19. The molecule has 0 unspecified atom stereocenters. The Bertz CT molecular complexity index is 847. The molecule has 27 heavy (non-hydrogen) atoms. The zero-order valence-corrected chi connectivity index (χ0v) is 15.2. The fourth-order valence-electron chi connectivity index (χ4n) is 3.20. The largest absolute Gasteiger partial charge is 0.459 e. The second-order valence-electron chi connectivity index (χ2n) is 6.48. The summed E-state index contributed by atoms with van der Waals surface area (Å²) < 4.78 is 5.15. The third kappa shape index (κ3) is 4.47. The van der Waals surface area contributed by atoms with Gasteiger partial charge in [0.25, 0.3) is 5.91 Å². The maximum Gasteiger partial charge on any atom is 0.319 e. The van der Waals surface area contributed by atoms with E-state index in [1.54, 1.807) is 35.2 Å². The van der Waals surface area contributed by atoms with Gasteiger partial charge in [-0.25, -0.2) is 4.79 Å². The van der Waals surface area contributed by atoms with Gasteiger partial charge >= 0.3 is 6.03 Å². The first-order valence-electron chi connectivity index (χ1n) is 9.04. The van der Waals surface area contributed by atoms with Gasteiger partial charge in [0.05, 0.1) is 17.9 Å². The molecule has 3 amide bonds. The standard InChI is InChI=1S/C20H22N4O3/c1-2-15-12-14(13-21)5-6-17(15)23-20(26)22-16-7-9-24(10-8-16)19(25)18-4-3-11-27-18/h3-6,11-12,16H,2,7-10H2,1H3,(H2,22,23,26). The minimum Gasteiger partial charge on any atom is -0.459 e. The first-order chi connectivity index (χ1) is 13.1. The minimum atomic E-state index is -0.273. The molecule has 0 saturated carbocycles. The molecule has 0 atom stereocenters. The normalized spacial score (nSPS) is 14.4. The number of amides is 3. The van der Waals surface area contributed by atoms with Crippen LogP contribution in [0.2, 0.25) is 0 Å². The number of nitrogens with one attached hydrogen (secondary N) is 2. The molecule has 2 heterocycles. The molecule has 0 bridgehead atoms. The van der Waals surface area contributed by atoms with Crippen LogP contribution in [0.25, 0.3) is 0 Å². The van der Waals surface area contributed by atoms with Crippen molar-refractivity contribution in [3.63, 3.8) is 0 Å². The van der Waals surface area contributed by atoms with E-state index in [4.69, 9.17) is 9.68 Å². The van der Waals surface area contributed by atoms with E-state index in [9.17, 15) is 9.59 Å². The summed E-state index contributed by atoms with van der Waals surface area (Å²) >= 11 is 0. The van der Waals surface area contributed by atoms with Crippen LogP contribution in [-0.4, -0.2) is 36.0 Å². The van der Waals surface area contributed by atoms with Crippen LogP contribution in [0, 0.1) is 11.3 Å². The van der Waals surface area contributed by atoms with Crippen molar-refractivity contribution < 1.29 is 14.0 Å². The number of urea groups is 1. The number of rotatable bonds is 4. The van der Waals surface area contributed by atoms with Gasteiger partial charge in [0, 0.05) is 24.8 Å². The summed E-state index contributed by atoms with van der Waals surface area (Å²) in [6, 6.07) is 10.4. The number of aryl methyl sites for hydroxylation is 1. The van der Waals surface area contributed by atoms with Gasteiger partial charge in [0.2, 0.25) is 0 Å². The first kappa shape index (κ1) is 18.5. The molecule has 1 fully saturated rings. The predicted octanol–water partition coefficient (Wildman–Crippen LogP) is 3.14. The molecule has 1 aromatic carbocycles. The van der Waals surface area contributed by atoms with Crippen LogP contribution in [0.5, 0.6) is 0 Å². The number of likely N-dealkylation sites (tertiary alicyclic amines) is 1. The topological polar surface area (TPSA) is 98.4 Å². The molecule has 1 aliphatic heterocycles. The number of hydrogen-bond donors (Lipinski definition) is 2. The van der Waals surface area contributed by atoms with E-state index in [0.717, 1.165) is 12.0 Å². The summed E-state index contributed by atoms with van der Waals surface area (Å²) in [7, 11) is 0. The summed E-state index contributed by atoms with van der Waals surface area (Å²) in [6.07, 6.45) is 3.58. The fourth-order valence-corrected chi connectivity index (χ4v) is 3.20. The molecular weight excluding hydrogens is 344 g/mol. The minimum absolute atomic E-state index is 0.00843. The second-order valence-corrected chi connectivity index (χ2v) is 6.48. The molecule has 7 heteroatoms. The van der Waals surface area contributed by atoms with Gasteiger partial charge in [-0.2, -0.15) is 5.26 Å². The zero-order valence-electron chi connectivity index (χ0n) is 15.2. The van der Waals surface area contributed by atoms with Gasteiger partial charge in [-0.1, -0.05) is 6.92 Å². The number of hydrogen-bond acceptors (Lipinski definition) is 4. The third-order valence-corrected chi connectivity index (χ3v) is 4.71. The van der Waals surface area contributed by atoms with Gasteiger partial charge in [0.15, 0.2) is 5.76 Å². The van der Waals surface area contributed by atoms with Crippen LogP contribution < -0.4 is 10.6 Å². The van der Waals surface area contributed by atoms with Crippen LogP contribution in [0.3, 0.4) is 0 Å². The van der Waals surface area contributed by atoms with E-state index in [-0.39, 0.29) is 18.0 Å². The Hall–Kier alpha value is -3.27. The lowest BCUT2D eigenvalue weighted by atomic mass is 10.0. The number of piperidine rings is 1. The van der Waals surface area contributed by atoms with Crippen LogP contribution in [0.1, 0.15) is 41.4 Å². The van der Waals surface area contributed by atoms with Gasteiger partial charge in [-0.3, -0.25) is 4.79 Å². The van der Waals surface area contributed by atoms with E-state index < -0.39 is 0 Å². The van der Waals surface area contributed by atoms with Gasteiger partial charge < -0.3 is 20.0 Å². The number of carbonyl (C=O) groups excluding carboxylic acids is 2. The summed E-state index contributed by atoms with van der Waals surface area (Å²) in [5.41, 5.74) is 2.20. The number of anilines is 1. The summed E-state index contributed by atoms with van der Waals surface area (Å²) in [4.78, 5) is 26.3. The maximum absolute atomic E-state index is 12.3. The van der Waals surface area contributed by atoms with Crippen LogP contribution >= 0.6 is 0 Å². The molecule has 2 N–H and O–H groups in total. The molecular formula is C20H22N4O3. The SMILES string of the molecule is CCc1cc(C#N)ccc1NC(=O)NC1CCN(C(=O)c2ccco2)CC1. The lowest BCUT2D eigenvalue weighted by molar-refractivity contribution is 0.0676. The highest BCUT2D eigenvalue weighted by molar-refractivity contribution is 5.92. The molecule has 0 radical (unpaired) electrons. The molecule has 2 aromatic rings. The molecule has 0 spiro atoms. The number of carbonyl (C=O) groups is 2. The Balaban J connectivity index is 1.51. The molecule has 3 rings (SSSR count). The Kier molecular flexibility index (Phi) is 5.77. The molecule has 1 aliphatic rings. The van der Waals surface area contributed by atoms with Crippen molar-refractivity contribution >= 4 is 17.6 Å². The first-order valence-corrected chi connectivity index (χ1v) is 9.04. The van der Waals surface area contributed by atoms with Crippen LogP contribution in [0.15, 0.2) is 41.0 Å². The lowest BCUT2D eigenvalue weighted by Gasteiger charge is -2.31. The highest BCUT2D eigenvalue weighted by Gasteiger charge is 2.25. The van der Waals surface area contributed by atoms with Crippen molar-refractivity contribution in [1.82, 2.24) is 10.2 Å². The predicted molar refractivity (Wildman–Crippen MR) is 100 cm³/mol. The third-order valence-electron chi connectivity index (χ3n) is 4.71. The second kappa shape index (κ2) is 8.41. The number of nitrogens with zero attached hydrogens (tertiary/aromatic N) is 2. The van der Waals surface area contributed by atoms with E-state index in [2.05, 4.69) is 16.7 Å². The smallest absolute Gasteiger partial charge is 0.319 e. The van der Waals surface area contributed by atoms with Crippen molar-refractivity contribution in [2.24, 2.45) is 0 Å².